The molecule has 0 bridgehead atoms. The lowest BCUT2D eigenvalue weighted by Crippen LogP contribution is -2.22. The maximum atomic E-state index is 5.54. The van der Waals surface area contributed by atoms with Crippen molar-refractivity contribution in [3.8, 4) is 0 Å². The molecule has 8 heavy (non-hydrogen) atoms. The van der Waals surface area contributed by atoms with E-state index in [4.69, 9.17) is 5.73 Å². The van der Waals surface area contributed by atoms with Crippen molar-refractivity contribution in [2.75, 3.05) is 0 Å². The van der Waals surface area contributed by atoms with E-state index in [1.165, 1.54) is 5.57 Å². The molecule has 0 aliphatic heterocycles. The second kappa shape index (κ2) is 1.38. The van der Waals surface area contributed by atoms with Crippen molar-refractivity contribution in [3.05, 3.63) is 23.4 Å². The molecule has 1 nitrogen and oxygen atoms in total. The molecule has 0 fully saturated rings. The van der Waals surface area contributed by atoms with E-state index in [1.807, 2.05) is 0 Å². The van der Waals surface area contributed by atoms with Crippen LogP contribution in [-0.2, 0) is 0 Å². The fourth-order valence-corrected chi connectivity index (χ4v) is 0.903. The average molecular weight is 109 g/mol. The number of allylic oxidation sites excluding steroid dienone is 2. The molecule has 0 aromatic rings. The SMILES string of the molecule is C=C1C(N)=C(C)C1C. The highest BCUT2D eigenvalue weighted by Crippen LogP contribution is 2.34. The molecule has 0 aromatic carbocycles. The summed E-state index contributed by atoms with van der Waals surface area (Å²) in [6, 6.07) is 0. The van der Waals surface area contributed by atoms with Gasteiger partial charge in [0.1, 0.15) is 0 Å². The Hall–Kier alpha value is -0.720. The van der Waals surface area contributed by atoms with Crippen LogP contribution < -0.4 is 5.73 Å². The number of hydrogen-bond acceptors (Lipinski definition) is 1. The van der Waals surface area contributed by atoms with E-state index in [1.54, 1.807) is 0 Å². The van der Waals surface area contributed by atoms with Gasteiger partial charge in [0.2, 0.25) is 0 Å². The minimum Gasteiger partial charge on any atom is -0.399 e. The molecule has 0 heterocycles. The first-order valence-corrected chi connectivity index (χ1v) is 2.80. The van der Waals surface area contributed by atoms with Crippen LogP contribution in [0.2, 0.25) is 0 Å². The molecule has 0 saturated heterocycles. The molecule has 0 spiro atoms. The van der Waals surface area contributed by atoms with E-state index < -0.39 is 0 Å². The van der Waals surface area contributed by atoms with E-state index in [2.05, 4.69) is 20.4 Å². The quantitative estimate of drug-likeness (QED) is 0.500. The molecule has 1 heteroatoms. The molecule has 1 unspecified atom stereocenters. The lowest BCUT2D eigenvalue weighted by Gasteiger charge is -2.28. The lowest BCUT2D eigenvalue weighted by atomic mass is 9.80. The normalized spacial score (nSPS) is 28.2. The Labute approximate surface area is 49.9 Å². The third kappa shape index (κ3) is 0.414. The zero-order chi connectivity index (χ0) is 6.31. The summed E-state index contributed by atoms with van der Waals surface area (Å²) in [6.07, 6.45) is 0. The molecule has 44 valence electrons. The summed E-state index contributed by atoms with van der Waals surface area (Å²) in [7, 11) is 0. The van der Waals surface area contributed by atoms with Crippen LogP contribution in [0.25, 0.3) is 0 Å². The number of nitrogens with two attached hydrogens (primary N) is 1. The van der Waals surface area contributed by atoms with Crippen molar-refractivity contribution >= 4 is 0 Å². The number of hydrogen-bond donors (Lipinski definition) is 1. The van der Waals surface area contributed by atoms with Gasteiger partial charge >= 0.3 is 0 Å². The summed E-state index contributed by atoms with van der Waals surface area (Å²) in [6.45, 7) is 7.96. The maximum Gasteiger partial charge on any atom is 0.0341 e. The summed E-state index contributed by atoms with van der Waals surface area (Å²) >= 11 is 0. The topological polar surface area (TPSA) is 26.0 Å². The minimum atomic E-state index is 0.537. The van der Waals surface area contributed by atoms with Crippen LogP contribution in [0.5, 0.6) is 0 Å². The fourth-order valence-electron chi connectivity index (χ4n) is 0.903. The molecule has 2 N–H and O–H groups in total. The van der Waals surface area contributed by atoms with Gasteiger partial charge < -0.3 is 5.73 Å². The Kier molecular flexibility index (Phi) is 0.932. The van der Waals surface area contributed by atoms with Crippen LogP contribution >= 0.6 is 0 Å². The second-order valence-corrected chi connectivity index (χ2v) is 2.34. The van der Waals surface area contributed by atoms with Gasteiger partial charge in [-0.3, -0.25) is 0 Å². The largest absolute Gasteiger partial charge is 0.399 e. The zero-order valence-corrected chi connectivity index (χ0v) is 5.36. The third-order valence-corrected chi connectivity index (χ3v) is 1.94. The van der Waals surface area contributed by atoms with Crippen molar-refractivity contribution in [2.24, 2.45) is 11.7 Å². The molecular weight excluding hydrogens is 98.1 g/mol. The van der Waals surface area contributed by atoms with Crippen LogP contribution in [0, 0.1) is 5.92 Å². The molecule has 0 aromatic heterocycles. The van der Waals surface area contributed by atoms with Crippen LogP contribution in [0.1, 0.15) is 13.8 Å². The lowest BCUT2D eigenvalue weighted by molar-refractivity contribution is 0.723. The Morgan fingerprint density at radius 2 is 2.12 bits per heavy atom. The summed E-state index contributed by atoms with van der Waals surface area (Å²) in [5.41, 5.74) is 8.84. The van der Waals surface area contributed by atoms with E-state index in [-0.39, 0.29) is 0 Å². The Morgan fingerprint density at radius 1 is 1.62 bits per heavy atom. The van der Waals surface area contributed by atoms with Gasteiger partial charge in [0.25, 0.3) is 0 Å². The third-order valence-electron chi connectivity index (χ3n) is 1.94. The van der Waals surface area contributed by atoms with Crippen molar-refractivity contribution in [2.45, 2.75) is 13.8 Å². The van der Waals surface area contributed by atoms with Crippen LogP contribution in [0.4, 0.5) is 0 Å². The van der Waals surface area contributed by atoms with Crippen LogP contribution in [-0.4, -0.2) is 0 Å². The molecule has 1 aliphatic carbocycles. The summed E-state index contributed by atoms with van der Waals surface area (Å²) in [5, 5.41) is 0. The highest BCUT2D eigenvalue weighted by atomic mass is 14.6. The van der Waals surface area contributed by atoms with Crippen molar-refractivity contribution < 1.29 is 0 Å². The second-order valence-electron chi connectivity index (χ2n) is 2.34. The molecule has 0 saturated carbocycles. The first-order valence-electron chi connectivity index (χ1n) is 2.80. The smallest absolute Gasteiger partial charge is 0.0341 e. The predicted octanol–water partition coefficient (Wildman–Crippen LogP) is 1.43. The van der Waals surface area contributed by atoms with Crippen molar-refractivity contribution in [1.82, 2.24) is 0 Å². The van der Waals surface area contributed by atoms with E-state index >= 15 is 0 Å². The molecule has 0 radical (unpaired) electrons. The van der Waals surface area contributed by atoms with Gasteiger partial charge in [-0.05, 0) is 18.1 Å². The first-order chi connectivity index (χ1) is 3.64. The van der Waals surface area contributed by atoms with Crippen molar-refractivity contribution in [1.29, 1.82) is 0 Å². The van der Waals surface area contributed by atoms with Crippen LogP contribution in [0.15, 0.2) is 23.4 Å². The highest BCUT2D eigenvalue weighted by Gasteiger charge is 2.23. The van der Waals surface area contributed by atoms with Gasteiger partial charge in [0.15, 0.2) is 0 Å². The van der Waals surface area contributed by atoms with Gasteiger partial charge in [-0.2, -0.15) is 0 Å². The summed E-state index contributed by atoms with van der Waals surface area (Å²) < 4.78 is 0. The Morgan fingerprint density at radius 3 is 2.25 bits per heavy atom. The van der Waals surface area contributed by atoms with Gasteiger partial charge in [-0.15, -0.1) is 0 Å². The Bertz CT molecular complexity index is 165. The molecule has 1 atom stereocenters. The van der Waals surface area contributed by atoms with Gasteiger partial charge in [-0.1, -0.05) is 13.5 Å². The summed E-state index contributed by atoms with van der Waals surface area (Å²) in [5.74, 6) is 0.537. The molecule has 1 aliphatic rings. The monoisotopic (exact) mass is 109 g/mol. The zero-order valence-electron chi connectivity index (χ0n) is 5.36. The van der Waals surface area contributed by atoms with Crippen LogP contribution in [0.3, 0.4) is 0 Å². The van der Waals surface area contributed by atoms with Crippen molar-refractivity contribution in [3.63, 3.8) is 0 Å². The first kappa shape index (κ1) is 5.42. The standard InChI is InChI=1S/C7H11N/c1-4-5(2)7(8)6(4)3/h4H,2,8H2,1,3H3. The Balaban J connectivity index is 2.90. The minimum absolute atomic E-state index is 0.537. The maximum absolute atomic E-state index is 5.54. The van der Waals surface area contributed by atoms with E-state index in [0.29, 0.717) is 5.92 Å². The van der Waals surface area contributed by atoms with E-state index in [9.17, 15) is 0 Å². The fraction of sp³-hybridized carbons (Fsp3) is 0.429. The highest BCUT2D eigenvalue weighted by molar-refractivity contribution is 5.46. The van der Waals surface area contributed by atoms with Gasteiger partial charge in [0.05, 0.1) is 0 Å². The predicted molar refractivity (Wildman–Crippen MR) is 35.2 cm³/mol. The number of rotatable bonds is 0. The molecular formula is C7H11N. The molecule has 1 rings (SSSR count). The summed E-state index contributed by atoms with van der Waals surface area (Å²) in [4.78, 5) is 0. The molecule has 0 amide bonds. The van der Waals surface area contributed by atoms with Gasteiger partial charge in [0, 0.05) is 11.6 Å². The average Bonchev–Trinajstić information content (AvgIpc) is 1.83. The van der Waals surface area contributed by atoms with E-state index in [0.717, 1.165) is 11.3 Å². The van der Waals surface area contributed by atoms with Gasteiger partial charge in [-0.25, -0.2) is 0 Å².